The zero-order valence-electron chi connectivity index (χ0n) is 18.2. The number of likely N-dealkylation sites (N-methyl/N-ethyl adjacent to an activating group) is 1. The Labute approximate surface area is 180 Å². The molecule has 4 nitrogen and oxygen atoms in total. The van der Waals surface area contributed by atoms with E-state index in [9.17, 15) is 9.18 Å². The molecule has 30 heavy (non-hydrogen) atoms. The van der Waals surface area contributed by atoms with Gasteiger partial charge in [0.25, 0.3) is 0 Å². The lowest BCUT2D eigenvalue weighted by atomic mass is 10.0. The first-order valence-corrected chi connectivity index (χ1v) is 9.96. The second-order valence-corrected chi connectivity index (χ2v) is 6.56. The molecule has 1 aromatic rings. The van der Waals surface area contributed by atoms with Gasteiger partial charge in [-0.2, -0.15) is 5.10 Å². The van der Waals surface area contributed by atoms with Crippen molar-refractivity contribution in [2.24, 2.45) is 5.10 Å². The molecule has 0 fully saturated rings. The molecule has 0 aliphatic rings. The molecule has 0 radical (unpaired) electrons. The highest BCUT2D eigenvalue weighted by atomic mass is 19.1. The van der Waals surface area contributed by atoms with Crippen LogP contribution >= 0.6 is 0 Å². The highest BCUT2D eigenvalue weighted by Gasteiger charge is 2.13. The molecule has 0 atom stereocenters. The number of nitrogens with zero attached hydrogens (tertiary/aromatic N) is 3. The number of hydrogen-bond acceptors (Lipinski definition) is 4. The van der Waals surface area contributed by atoms with Crippen LogP contribution < -0.4 is 4.90 Å². The third kappa shape index (κ3) is 8.86. The number of halogens is 1. The van der Waals surface area contributed by atoms with Gasteiger partial charge < -0.3 is 9.69 Å². The molecule has 0 aliphatic heterocycles. The molecular formula is C25H32FN3O. The number of carbonyl (C=O) groups is 1. The van der Waals surface area contributed by atoms with E-state index in [0.29, 0.717) is 11.4 Å². The second kappa shape index (κ2) is 14.7. The van der Waals surface area contributed by atoms with E-state index in [2.05, 4.69) is 16.6 Å². The minimum atomic E-state index is -0.456. The molecule has 1 aromatic carbocycles. The van der Waals surface area contributed by atoms with Gasteiger partial charge in [-0.3, -0.25) is 5.01 Å². The van der Waals surface area contributed by atoms with Crippen LogP contribution in [-0.4, -0.2) is 44.3 Å². The van der Waals surface area contributed by atoms with Crippen molar-refractivity contribution in [3.05, 3.63) is 90.7 Å². The highest BCUT2D eigenvalue weighted by Crippen LogP contribution is 2.22. The Morgan fingerprint density at radius 1 is 1.13 bits per heavy atom. The predicted molar refractivity (Wildman–Crippen MR) is 127 cm³/mol. The minimum absolute atomic E-state index is 0.203. The maximum absolute atomic E-state index is 12.1. The van der Waals surface area contributed by atoms with Gasteiger partial charge in [0.05, 0.1) is 11.4 Å². The van der Waals surface area contributed by atoms with E-state index in [1.54, 1.807) is 11.1 Å². The molecular weight excluding hydrogens is 377 g/mol. The molecule has 0 N–H and O–H groups in total. The topological polar surface area (TPSA) is 35.9 Å². The minimum Gasteiger partial charge on any atom is -0.374 e. The van der Waals surface area contributed by atoms with Crippen molar-refractivity contribution in [3.8, 4) is 0 Å². The van der Waals surface area contributed by atoms with E-state index in [4.69, 9.17) is 0 Å². The largest absolute Gasteiger partial charge is 0.374 e. The third-order valence-electron chi connectivity index (χ3n) is 4.28. The Balaban J connectivity index is 3.05. The Kier molecular flexibility index (Phi) is 12.2. The SMILES string of the molecule is C=C(/C=C\C=C/C)N(C)/N=C(\CC=O)c1ccccc1N(C)CC/C=C\C=C/CF. The van der Waals surface area contributed by atoms with Crippen molar-refractivity contribution in [3.63, 3.8) is 0 Å². The molecule has 0 amide bonds. The lowest BCUT2D eigenvalue weighted by molar-refractivity contribution is -0.106. The summed E-state index contributed by atoms with van der Waals surface area (Å²) in [7, 11) is 3.82. The summed E-state index contributed by atoms with van der Waals surface area (Å²) in [5, 5.41) is 6.32. The fourth-order valence-corrected chi connectivity index (χ4v) is 2.66. The maximum atomic E-state index is 12.1. The normalized spacial score (nSPS) is 12.5. The van der Waals surface area contributed by atoms with E-state index in [1.807, 2.05) is 81.7 Å². The fourth-order valence-electron chi connectivity index (χ4n) is 2.66. The number of para-hydroxylation sites is 1. The molecule has 0 spiro atoms. The van der Waals surface area contributed by atoms with E-state index in [1.165, 1.54) is 6.08 Å². The molecule has 0 saturated heterocycles. The average molecular weight is 410 g/mol. The molecule has 1 rings (SSSR count). The lowest BCUT2D eigenvalue weighted by Crippen LogP contribution is -2.22. The van der Waals surface area contributed by atoms with Crippen LogP contribution in [0.1, 0.15) is 25.3 Å². The van der Waals surface area contributed by atoms with E-state index in [0.717, 1.165) is 30.5 Å². The van der Waals surface area contributed by atoms with Crippen LogP contribution in [0, 0.1) is 0 Å². The van der Waals surface area contributed by atoms with E-state index >= 15 is 0 Å². The van der Waals surface area contributed by atoms with Crippen molar-refractivity contribution in [1.82, 2.24) is 5.01 Å². The number of allylic oxidation sites excluding steroid dienone is 7. The maximum Gasteiger partial charge on any atom is 0.126 e. The van der Waals surface area contributed by atoms with Crippen molar-refractivity contribution in [1.29, 1.82) is 0 Å². The van der Waals surface area contributed by atoms with Crippen LogP contribution in [0.3, 0.4) is 0 Å². The van der Waals surface area contributed by atoms with Crippen LogP contribution in [-0.2, 0) is 4.79 Å². The average Bonchev–Trinajstić information content (AvgIpc) is 2.75. The summed E-state index contributed by atoms with van der Waals surface area (Å²) in [5.74, 6) is 0. The molecule has 5 heteroatoms. The second-order valence-electron chi connectivity index (χ2n) is 6.56. The smallest absolute Gasteiger partial charge is 0.126 e. The molecule has 0 unspecified atom stereocenters. The number of hydrazone groups is 1. The van der Waals surface area contributed by atoms with Gasteiger partial charge in [-0.25, -0.2) is 4.39 Å². The van der Waals surface area contributed by atoms with Crippen LogP contribution in [0.25, 0.3) is 0 Å². The Bertz CT molecular complexity index is 821. The van der Waals surface area contributed by atoms with Gasteiger partial charge in [0, 0.05) is 38.3 Å². The number of benzene rings is 1. The first-order chi connectivity index (χ1) is 14.5. The first kappa shape index (κ1) is 24.8. The quantitative estimate of drug-likeness (QED) is 0.188. The summed E-state index contributed by atoms with van der Waals surface area (Å²) in [6.07, 6.45) is 16.5. The van der Waals surface area contributed by atoms with Crippen LogP contribution in [0.4, 0.5) is 10.1 Å². The number of hydrogen-bond donors (Lipinski definition) is 0. The number of anilines is 1. The van der Waals surface area contributed by atoms with E-state index in [-0.39, 0.29) is 6.42 Å². The van der Waals surface area contributed by atoms with Crippen LogP contribution in [0.15, 0.2) is 90.3 Å². The summed E-state index contributed by atoms with van der Waals surface area (Å²) in [6, 6.07) is 7.90. The number of aldehydes is 1. The van der Waals surface area contributed by atoms with Gasteiger partial charge in [-0.1, -0.05) is 67.3 Å². The zero-order chi connectivity index (χ0) is 22.2. The number of alkyl halides is 1. The van der Waals surface area contributed by atoms with Gasteiger partial charge in [-0.15, -0.1) is 0 Å². The summed E-state index contributed by atoms with van der Waals surface area (Å²) >= 11 is 0. The van der Waals surface area contributed by atoms with Crippen LogP contribution in [0.5, 0.6) is 0 Å². The molecule has 0 saturated carbocycles. The monoisotopic (exact) mass is 409 g/mol. The van der Waals surface area contributed by atoms with Crippen LogP contribution in [0.2, 0.25) is 0 Å². The third-order valence-corrected chi connectivity index (χ3v) is 4.28. The standard InChI is InChI=1S/C25H32FN3O/c1-5-6-10-15-22(2)29(4)27-24(18-21-30)23-16-11-12-17-25(23)28(3)20-14-9-7-8-13-19-26/h5-13,15-17,21H,2,14,18-20H2,1,3-4H3/b6-5-,9-7-,13-8-,15-10-,27-24+. The lowest BCUT2D eigenvalue weighted by Gasteiger charge is -2.23. The molecule has 0 heterocycles. The van der Waals surface area contributed by atoms with Gasteiger partial charge >= 0.3 is 0 Å². The molecule has 160 valence electrons. The Morgan fingerprint density at radius 3 is 2.57 bits per heavy atom. The summed E-state index contributed by atoms with van der Waals surface area (Å²) < 4.78 is 12.1. The first-order valence-electron chi connectivity index (χ1n) is 9.96. The molecule has 0 aromatic heterocycles. The Morgan fingerprint density at radius 2 is 1.87 bits per heavy atom. The summed E-state index contributed by atoms with van der Waals surface area (Å²) in [5.41, 5.74) is 3.30. The fraction of sp³-hybridized carbons (Fsp3) is 0.280. The predicted octanol–water partition coefficient (Wildman–Crippen LogP) is 5.47. The van der Waals surface area contributed by atoms with Crippen molar-refractivity contribution < 1.29 is 9.18 Å². The Hall–Kier alpha value is -3.21. The van der Waals surface area contributed by atoms with Gasteiger partial charge in [0.15, 0.2) is 0 Å². The van der Waals surface area contributed by atoms with Gasteiger partial charge in [0.1, 0.15) is 13.0 Å². The van der Waals surface area contributed by atoms with Gasteiger partial charge in [0.2, 0.25) is 0 Å². The summed E-state index contributed by atoms with van der Waals surface area (Å²) in [6.45, 7) is 6.29. The van der Waals surface area contributed by atoms with Gasteiger partial charge in [-0.05, 0) is 25.5 Å². The van der Waals surface area contributed by atoms with Crippen molar-refractivity contribution >= 4 is 17.7 Å². The zero-order valence-corrected chi connectivity index (χ0v) is 18.2. The number of rotatable bonds is 13. The van der Waals surface area contributed by atoms with E-state index < -0.39 is 6.67 Å². The molecule has 0 bridgehead atoms. The number of carbonyl (C=O) groups excluding carboxylic acids is 1. The highest BCUT2D eigenvalue weighted by molar-refractivity contribution is 6.10. The summed E-state index contributed by atoms with van der Waals surface area (Å²) in [4.78, 5) is 13.5. The van der Waals surface area contributed by atoms with Crippen molar-refractivity contribution in [2.45, 2.75) is 19.8 Å². The van der Waals surface area contributed by atoms with Crippen molar-refractivity contribution in [2.75, 3.05) is 32.2 Å². The molecule has 0 aliphatic carbocycles.